The van der Waals surface area contributed by atoms with Crippen molar-refractivity contribution >= 4 is 52.6 Å². The molecule has 192 valence electrons. The fraction of sp³-hybridized carbons (Fsp3) is 0.211. The van der Waals surface area contributed by atoms with Crippen molar-refractivity contribution in [2.24, 2.45) is 0 Å². The van der Waals surface area contributed by atoms with Gasteiger partial charge in [0.1, 0.15) is 24.2 Å². The van der Waals surface area contributed by atoms with Gasteiger partial charge in [-0.2, -0.15) is 18.2 Å². The third-order valence-corrected chi connectivity index (χ3v) is 6.36. The highest BCUT2D eigenvalue weighted by Gasteiger charge is 2.32. The summed E-state index contributed by atoms with van der Waals surface area (Å²) in [5, 5.41) is 4.03. The Kier molecular flexibility index (Phi) is 7.41. The number of pyridine rings is 1. The highest BCUT2D eigenvalue weighted by atomic mass is 79.9. The van der Waals surface area contributed by atoms with Crippen molar-refractivity contribution in [3.63, 3.8) is 0 Å². The zero-order valence-electron chi connectivity index (χ0n) is 17.7. The lowest BCUT2D eigenvalue weighted by atomic mass is 10.2. The minimum absolute atomic E-state index is 0.0220. The van der Waals surface area contributed by atoms with Crippen LogP contribution in [0.1, 0.15) is 12.5 Å². The Morgan fingerprint density at radius 3 is 2.58 bits per heavy atom. The zero-order valence-corrected chi connectivity index (χ0v) is 21.7. The van der Waals surface area contributed by atoms with Crippen LogP contribution in [-0.4, -0.2) is 42.0 Å². The first-order chi connectivity index (χ1) is 16.7. The van der Waals surface area contributed by atoms with Gasteiger partial charge < -0.3 is 23.4 Å². The molecule has 0 saturated heterocycles. The molecule has 1 atom stereocenters. The minimum Gasteiger partial charge on any atom is -0.489 e. The Bertz CT molecular complexity index is 1490. The van der Waals surface area contributed by atoms with Crippen LogP contribution in [0.25, 0.3) is 28.6 Å². The largest absolute Gasteiger partial charge is 0.489 e. The minimum atomic E-state index is -4.68. The topological polar surface area (TPSA) is 132 Å². The molecule has 4 rings (SSSR count). The summed E-state index contributed by atoms with van der Waals surface area (Å²) >= 11 is 15.6. The van der Waals surface area contributed by atoms with Crippen molar-refractivity contribution in [2.45, 2.75) is 19.2 Å². The quantitative estimate of drug-likeness (QED) is 0.235. The maximum absolute atomic E-state index is 13.1. The molecule has 36 heavy (non-hydrogen) atoms. The highest BCUT2D eigenvalue weighted by Crippen LogP contribution is 2.39. The number of hydrogen-bond acceptors (Lipinski definition) is 7. The average Bonchev–Trinajstić information content (AvgIpc) is 3.39. The summed E-state index contributed by atoms with van der Waals surface area (Å²) in [5.41, 5.74) is -0.288. The van der Waals surface area contributed by atoms with Crippen molar-refractivity contribution in [3.05, 3.63) is 50.7 Å². The first kappa shape index (κ1) is 26.9. The predicted octanol–water partition coefficient (Wildman–Crippen LogP) is 6.02. The molecule has 0 bridgehead atoms. The van der Waals surface area contributed by atoms with E-state index in [2.05, 4.69) is 35.6 Å². The number of hydrogen-bond donors (Lipinski definition) is 2. The average molecular weight is 632 g/mol. The number of ether oxygens (including phenoxy) is 1. The van der Waals surface area contributed by atoms with E-state index in [9.17, 15) is 17.7 Å². The number of fused-ring (bicyclic) bond motifs is 1. The van der Waals surface area contributed by atoms with Crippen molar-refractivity contribution in [2.75, 3.05) is 6.61 Å². The van der Waals surface area contributed by atoms with Gasteiger partial charge in [0.05, 0.1) is 20.1 Å². The van der Waals surface area contributed by atoms with Gasteiger partial charge >= 0.3 is 14.0 Å². The summed E-state index contributed by atoms with van der Waals surface area (Å²) in [7, 11) is -4.68. The van der Waals surface area contributed by atoms with Crippen LogP contribution in [0, 0.1) is 0 Å². The standard InChI is InChI=1S/C19H13BrCl2F3N4O6P/c1-8(35-36(30,31)32)7-33-15-4-12(21)10(3-13(15)22)16-27-18(34-28-16)14-6-29-5-9(19(23,24)25)2-11(20)17(29)26-14/h2-6,8H,7H2,1H3,(H2,30,31,32). The fourth-order valence-electron chi connectivity index (χ4n) is 3.03. The van der Waals surface area contributed by atoms with Gasteiger partial charge in [-0.3, -0.25) is 4.52 Å². The number of imidazole rings is 1. The molecule has 0 spiro atoms. The summed E-state index contributed by atoms with van der Waals surface area (Å²) in [6, 6.07) is 3.65. The molecule has 0 saturated carbocycles. The van der Waals surface area contributed by atoms with Gasteiger partial charge in [-0.25, -0.2) is 9.55 Å². The zero-order chi connectivity index (χ0) is 26.4. The number of aromatic nitrogens is 4. The summed E-state index contributed by atoms with van der Waals surface area (Å²) < 4.78 is 66.6. The smallest absolute Gasteiger partial charge is 0.469 e. The van der Waals surface area contributed by atoms with Crippen LogP contribution < -0.4 is 4.74 Å². The van der Waals surface area contributed by atoms with E-state index in [1.54, 1.807) is 0 Å². The Morgan fingerprint density at radius 1 is 1.19 bits per heavy atom. The normalized spacial score (nSPS) is 13.4. The SMILES string of the molecule is CC(COc1cc(Cl)c(-c2noc(-c3cn4cc(C(F)(F)F)cc(Br)c4n3)n2)cc1Cl)OP(=O)(O)O. The van der Waals surface area contributed by atoms with Crippen molar-refractivity contribution in [1.82, 2.24) is 19.5 Å². The molecule has 0 aliphatic carbocycles. The number of rotatable bonds is 7. The first-order valence-electron chi connectivity index (χ1n) is 9.67. The molecule has 17 heteroatoms. The molecule has 1 aromatic carbocycles. The lowest BCUT2D eigenvalue weighted by molar-refractivity contribution is -0.137. The van der Waals surface area contributed by atoms with E-state index in [-0.39, 0.29) is 55.5 Å². The summed E-state index contributed by atoms with van der Waals surface area (Å²) in [4.78, 5) is 26.1. The van der Waals surface area contributed by atoms with E-state index in [4.69, 9.17) is 42.2 Å². The van der Waals surface area contributed by atoms with Gasteiger partial charge in [-0.1, -0.05) is 28.4 Å². The van der Waals surface area contributed by atoms with Crippen molar-refractivity contribution in [3.8, 4) is 28.7 Å². The molecule has 0 aliphatic rings. The molecule has 0 amide bonds. The van der Waals surface area contributed by atoms with E-state index in [0.717, 1.165) is 12.3 Å². The molecule has 0 fully saturated rings. The highest BCUT2D eigenvalue weighted by molar-refractivity contribution is 9.10. The van der Waals surface area contributed by atoms with Crippen molar-refractivity contribution in [1.29, 1.82) is 0 Å². The Hall–Kier alpha value is -2.19. The summed E-state index contributed by atoms with van der Waals surface area (Å²) in [6.45, 7) is 1.16. The second-order valence-electron chi connectivity index (χ2n) is 7.33. The van der Waals surface area contributed by atoms with Gasteiger partial charge in [0.15, 0.2) is 5.65 Å². The number of phosphoric ester groups is 1. The van der Waals surface area contributed by atoms with Gasteiger partial charge in [-0.05, 0) is 35.0 Å². The van der Waals surface area contributed by atoms with Gasteiger partial charge in [0.2, 0.25) is 5.82 Å². The number of halogens is 6. The third kappa shape index (κ3) is 6.02. The number of nitrogens with zero attached hydrogens (tertiary/aromatic N) is 4. The second-order valence-corrected chi connectivity index (χ2v) is 10.2. The van der Waals surface area contributed by atoms with E-state index >= 15 is 0 Å². The Morgan fingerprint density at radius 2 is 1.92 bits per heavy atom. The molecule has 1 unspecified atom stereocenters. The molecular weight excluding hydrogens is 619 g/mol. The van der Waals surface area contributed by atoms with Crippen LogP contribution in [0.5, 0.6) is 5.75 Å². The molecule has 10 nitrogen and oxygen atoms in total. The molecule has 0 aliphatic heterocycles. The second kappa shape index (κ2) is 9.93. The third-order valence-electron chi connectivity index (χ3n) is 4.53. The first-order valence-corrected chi connectivity index (χ1v) is 12.7. The van der Waals surface area contributed by atoms with Crippen LogP contribution >= 0.6 is 47.0 Å². The molecular formula is C19H13BrCl2F3N4O6P. The van der Waals surface area contributed by atoms with E-state index in [1.807, 2.05) is 0 Å². The Balaban J connectivity index is 1.58. The summed E-state index contributed by atoms with van der Waals surface area (Å²) in [5.74, 6) is 0.0554. The fourth-order valence-corrected chi connectivity index (χ4v) is 4.56. The van der Waals surface area contributed by atoms with Crippen LogP contribution in [0.3, 0.4) is 0 Å². The van der Waals surface area contributed by atoms with Crippen LogP contribution in [0.2, 0.25) is 10.0 Å². The molecule has 0 radical (unpaired) electrons. The molecule has 2 N–H and O–H groups in total. The molecule has 4 aromatic rings. The van der Waals surface area contributed by atoms with Gasteiger partial charge in [-0.15, -0.1) is 0 Å². The monoisotopic (exact) mass is 630 g/mol. The number of benzene rings is 1. The number of phosphoric acid groups is 1. The van der Waals surface area contributed by atoms with Crippen LogP contribution in [0.15, 0.2) is 39.6 Å². The van der Waals surface area contributed by atoms with E-state index in [1.165, 1.54) is 29.7 Å². The lowest BCUT2D eigenvalue weighted by Crippen LogP contribution is -2.17. The Labute approximate surface area is 218 Å². The van der Waals surface area contributed by atoms with Gasteiger partial charge in [0.25, 0.3) is 5.89 Å². The predicted molar refractivity (Wildman–Crippen MR) is 125 cm³/mol. The van der Waals surface area contributed by atoms with E-state index in [0.29, 0.717) is 0 Å². The van der Waals surface area contributed by atoms with Crippen LogP contribution in [-0.2, 0) is 15.3 Å². The van der Waals surface area contributed by atoms with Crippen molar-refractivity contribution < 1.29 is 41.3 Å². The molecule has 3 aromatic heterocycles. The lowest BCUT2D eigenvalue weighted by Gasteiger charge is -2.15. The van der Waals surface area contributed by atoms with Crippen LogP contribution in [0.4, 0.5) is 13.2 Å². The maximum atomic E-state index is 13.1. The van der Waals surface area contributed by atoms with Gasteiger partial charge in [0, 0.05) is 24.0 Å². The summed E-state index contributed by atoms with van der Waals surface area (Å²) in [6.07, 6.45) is -3.30. The molecule has 3 heterocycles. The number of alkyl halides is 3. The van der Waals surface area contributed by atoms with E-state index < -0.39 is 25.7 Å². The maximum Gasteiger partial charge on any atom is 0.469 e.